The molecular weight excluding hydrogens is 1400 g/mol. The summed E-state index contributed by atoms with van der Waals surface area (Å²) in [6.45, 7) is 6.63. The molecule has 0 saturated carbocycles. The van der Waals surface area contributed by atoms with Crippen LogP contribution in [0.4, 0.5) is 0 Å². The quantitative estimate of drug-likeness (QED) is 0.0223. The van der Waals surface area contributed by atoms with Crippen molar-refractivity contribution in [3.05, 3.63) is 234 Å². The first kappa shape index (κ1) is 82.2. The minimum Gasteiger partial charge on any atom is -0.508 e. The molecule has 8 aromatic rings. The summed E-state index contributed by atoms with van der Waals surface area (Å²) in [6, 6.07) is 46.4. The van der Waals surface area contributed by atoms with Crippen LogP contribution in [0, 0.1) is 5.92 Å². The Morgan fingerprint density at radius 3 is 1.27 bits per heavy atom. The molecule has 8 aromatic carbocycles. The Balaban J connectivity index is 0.960. The van der Waals surface area contributed by atoms with Crippen LogP contribution in [0.3, 0.4) is 0 Å². The molecule has 25 heteroatoms. The van der Waals surface area contributed by atoms with E-state index in [4.69, 9.17) is 5.73 Å². The molecule has 0 bridgehead atoms. The van der Waals surface area contributed by atoms with Gasteiger partial charge in [0.15, 0.2) is 0 Å². The van der Waals surface area contributed by atoms with E-state index in [0.717, 1.165) is 32.7 Å². The van der Waals surface area contributed by atoms with E-state index in [0.29, 0.717) is 61.0 Å². The lowest BCUT2D eigenvalue weighted by molar-refractivity contribution is -0.142. The van der Waals surface area contributed by atoms with Gasteiger partial charge in [0.05, 0.1) is 6.61 Å². The van der Waals surface area contributed by atoms with Crippen LogP contribution in [0.2, 0.25) is 0 Å². The number of aromatic hydroxyl groups is 1. The van der Waals surface area contributed by atoms with Gasteiger partial charge in [0.25, 0.3) is 0 Å². The topological polar surface area (TPSA) is 378 Å². The van der Waals surface area contributed by atoms with Gasteiger partial charge >= 0.3 is 0 Å². The van der Waals surface area contributed by atoms with E-state index in [1.807, 2.05) is 92.7 Å². The number of carbonyl (C=O) groups is 11. The summed E-state index contributed by atoms with van der Waals surface area (Å²) < 4.78 is 0. The first-order valence-electron chi connectivity index (χ1n) is 37.4. The fraction of sp³-hybridized carbons (Fsp3) is 0.353. The molecule has 0 aromatic heterocycles. The van der Waals surface area contributed by atoms with Gasteiger partial charge in [-0.15, -0.1) is 0 Å². The molecule has 10 atom stereocenters. The molecule has 11 amide bonds. The second-order valence-corrected chi connectivity index (χ2v) is 28.5. The van der Waals surface area contributed by atoms with E-state index in [1.54, 1.807) is 91.0 Å². The predicted molar refractivity (Wildman–Crippen MR) is 419 cm³/mol. The number of rotatable bonds is 39. The number of phenolic OH excluding ortho intramolecular Hbond substituents is 1. The summed E-state index contributed by atoms with van der Waals surface area (Å²) in [7, 11) is 0. The number of fused-ring (bicyclic) bond motifs is 2. The molecule has 1 saturated heterocycles. The predicted octanol–water partition coefficient (Wildman–Crippen LogP) is 5.09. The smallest absolute Gasteiger partial charge is 0.245 e. The fourth-order valence-electron chi connectivity index (χ4n) is 13.4. The van der Waals surface area contributed by atoms with Crippen molar-refractivity contribution in [3.8, 4) is 5.75 Å². The maximum absolute atomic E-state index is 15.3. The highest BCUT2D eigenvalue weighted by Crippen LogP contribution is 2.23. The van der Waals surface area contributed by atoms with Gasteiger partial charge in [-0.05, 0) is 131 Å². The van der Waals surface area contributed by atoms with Crippen molar-refractivity contribution in [2.75, 3.05) is 19.7 Å². The van der Waals surface area contributed by atoms with Crippen LogP contribution < -0.4 is 58.9 Å². The molecule has 14 N–H and O–H groups in total. The lowest BCUT2D eigenvalue weighted by Crippen LogP contribution is -2.61. The Labute approximate surface area is 640 Å². The number of aliphatic hydroxyl groups excluding tert-OH is 1. The van der Waals surface area contributed by atoms with Crippen LogP contribution in [0.5, 0.6) is 5.75 Å². The minimum atomic E-state index is -1.79. The number of nitrogens with zero attached hydrogens (tertiary/aromatic N) is 1. The first-order valence-corrected chi connectivity index (χ1v) is 37.4. The molecule has 9 rings (SSSR count). The number of unbranched alkanes of at least 4 members (excludes halogenated alkanes) is 1. The monoisotopic (exact) mass is 1500 g/mol. The van der Waals surface area contributed by atoms with Crippen molar-refractivity contribution >= 4 is 86.5 Å². The van der Waals surface area contributed by atoms with Gasteiger partial charge < -0.3 is 74.0 Å². The average Bonchev–Trinajstić information content (AvgIpc) is 1.67. The van der Waals surface area contributed by atoms with Gasteiger partial charge in [0.2, 0.25) is 65.0 Å². The highest BCUT2D eigenvalue weighted by Gasteiger charge is 2.41. The van der Waals surface area contributed by atoms with E-state index in [2.05, 4.69) is 59.2 Å². The zero-order valence-corrected chi connectivity index (χ0v) is 62.4. The normalized spacial score (nSPS) is 15.1. The van der Waals surface area contributed by atoms with Gasteiger partial charge in [-0.25, -0.2) is 0 Å². The van der Waals surface area contributed by atoms with E-state index in [9.17, 15) is 53.4 Å². The highest BCUT2D eigenvalue weighted by atomic mass is 16.3. The molecular formula is C85H100N12O13. The third-order valence-electron chi connectivity index (χ3n) is 19.3. The molecule has 0 aliphatic carbocycles. The molecule has 578 valence electrons. The first-order chi connectivity index (χ1) is 53.0. The summed E-state index contributed by atoms with van der Waals surface area (Å²) in [5.41, 5.74) is 9.52. The van der Waals surface area contributed by atoms with Crippen molar-refractivity contribution in [3.63, 3.8) is 0 Å². The van der Waals surface area contributed by atoms with Crippen LogP contribution in [0.15, 0.2) is 200 Å². The van der Waals surface area contributed by atoms with Gasteiger partial charge in [-0.3, -0.25) is 52.7 Å². The Hall–Kier alpha value is -11.8. The Morgan fingerprint density at radius 2 is 0.809 bits per heavy atom. The molecule has 1 fully saturated rings. The number of amides is 11. The number of nitrogens with two attached hydrogens (primary N) is 1. The van der Waals surface area contributed by atoms with E-state index >= 15 is 9.59 Å². The summed E-state index contributed by atoms with van der Waals surface area (Å²) in [4.78, 5) is 159. The number of primary amides is 1. The minimum absolute atomic E-state index is 0.00301. The van der Waals surface area contributed by atoms with Crippen molar-refractivity contribution in [1.82, 2.24) is 58.1 Å². The molecule has 0 spiro atoms. The molecule has 1 aliphatic rings. The average molecular weight is 1500 g/mol. The number of phenols is 1. The second kappa shape index (κ2) is 40.9. The van der Waals surface area contributed by atoms with Gasteiger partial charge in [0, 0.05) is 52.1 Å². The maximum Gasteiger partial charge on any atom is 0.245 e. The van der Waals surface area contributed by atoms with Crippen molar-refractivity contribution in [2.45, 2.75) is 165 Å². The van der Waals surface area contributed by atoms with Crippen LogP contribution in [0.1, 0.15) is 99.6 Å². The molecule has 25 nitrogen and oxygen atoms in total. The zero-order chi connectivity index (χ0) is 78.6. The SMILES string of the molecule is CC(=O)N[C@@H](Cc1ccc2ccccc2c1)C(=O)N[C@@H](Cc1ccccc1)C(=O)N[C@@H](Cc1ccccc1)C(=O)N[C@@H](CO)C(=O)N[C@@H](Cc1ccc(O)cc1)C(=O)N[C@@H](CCCCNCc1ccc2ccccc2c1)C(=O)N[C@@H](Cc1ccccc1)C(=O)N[C@@H](CC(C)C)C(=O)N1CCC[C@@H]1C(=O)N[C@@H](C)C(N)=O. The van der Waals surface area contributed by atoms with Crippen molar-refractivity contribution < 1.29 is 63.0 Å². The van der Waals surface area contributed by atoms with Crippen molar-refractivity contribution in [2.24, 2.45) is 11.7 Å². The highest BCUT2D eigenvalue weighted by molar-refractivity contribution is 6.00. The number of aliphatic hydroxyl groups is 1. The summed E-state index contributed by atoms with van der Waals surface area (Å²) >= 11 is 0. The Morgan fingerprint density at radius 1 is 0.427 bits per heavy atom. The fourth-order valence-corrected chi connectivity index (χ4v) is 13.4. The summed E-state index contributed by atoms with van der Waals surface area (Å²) in [5, 5.41) is 53.8. The van der Waals surface area contributed by atoms with Crippen LogP contribution in [-0.4, -0.2) is 160 Å². The number of hydrogen-bond donors (Lipinski definition) is 13. The van der Waals surface area contributed by atoms with Gasteiger partial charge in [-0.2, -0.15) is 0 Å². The number of benzene rings is 8. The number of nitrogens with one attached hydrogen (secondary N) is 10. The molecule has 0 radical (unpaired) electrons. The number of carbonyl (C=O) groups excluding carboxylic acids is 11. The second-order valence-electron chi connectivity index (χ2n) is 28.5. The molecule has 0 unspecified atom stereocenters. The molecule has 110 heavy (non-hydrogen) atoms. The zero-order valence-electron chi connectivity index (χ0n) is 62.4. The summed E-state index contributed by atoms with van der Waals surface area (Å²) in [6.07, 6.45) is 1.24. The van der Waals surface area contributed by atoms with Crippen LogP contribution >= 0.6 is 0 Å². The van der Waals surface area contributed by atoms with E-state index in [-0.39, 0.29) is 63.2 Å². The Bertz CT molecular complexity index is 4470. The maximum atomic E-state index is 15.3. The van der Waals surface area contributed by atoms with Gasteiger partial charge in [0.1, 0.15) is 66.2 Å². The van der Waals surface area contributed by atoms with Crippen LogP contribution in [-0.2, 0) is 91.4 Å². The summed E-state index contributed by atoms with van der Waals surface area (Å²) in [5.74, 6) is -8.55. The molecule has 1 heterocycles. The number of likely N-dealkylation sites (tertiary alicyclic amines) is 1. The Kier molecular flexibility index (Phi) is 30.6. The largest absolute Gasteiger partial charge is 0.508 e. The third-order valence-corrected chi connectivity index (χ3v) is 19.3. The van der Waals surface area contributed by atoms with Crippen molar-refractivity contribution in [1.29, 1.82) is 0 Å². The van der Waals surface area contributed by atoms with Gasteiger partial charge in [-0.1, -0.05) is 196 Å². The molecule has 1 aliphatic heterocycles. The van der Waals surface area contributed by atoms with E-state index in [1.165, 1.54) is 43.0 Å². The lowest BCUT2D eigenvalue weighted by Gasteiger charge is -2.31. The standard InChI is InChI=1S/C85H100N12O13/c1-53(2)43-73(85(110)97-42-20-32-75(97)84(109)88-54(3)76(86)101)95-81(106)70(47-57-23-10-6-11-24-57)91-77(102)67(31-18-19-41-87-51-61-34-38-63-28-15-17-30-65(63)45-61)90-79(104)72(49-59-35-39-66(100)40-36-59)94-83(108)74(52-98)96-82(107)71(48-58-25-12-7-13-26-58)93-80(105)69(46-56-21-8-5-9-22-56)92-78(103)68(89-55(4)99)50-60-33-37-62-27-14-16-29-64(62)44-60/h5-17,21-30,33-40,44-45,53-54,67-75,87,98,100H,18-20,31-32,41-43,46-52H2,1-4H3,(H2,86,101)(H,88,109)(H,89,99)(H,90,104)(H,91,102)(H,92,103)(H,93,105)(H,94,108)(H,95,106)(H,96,107)/t54-,67-,68-,69-,70-,71-,72-,73-,74-,75+/m0/s1. The van der Waals surface area contributed by atoms with Crippen LogP contribution in [0.25, 0.3) is 21.5 Å². The van der Waals surface area contributed by atoms with E-state index < -0.39 is 132 Å². The number of hydrogen-bond acceptors (Lipinski definition) is 14. The lowest BCUT2D eigenvalue weighted by atomic mass is 9.99. The third kappa shape index (κ3) is 24.9.